The molecule has 0 spiro atoms. The lowest BCUT2D eigenvalue weighted by atomic mass is 9.64. The average Bonchev–Trinajstić information content (AvgIpc) is 2.68. The maximum atomic E-state index is 12.3. The zero-order chi connectivity index (χ0) is 19.4. The van der Waals surface area contributed by atoms with Crippen molar-refractivity contribution in [1.29, 1.82) is 0 Å². The summed E-state index contributed by atoms with van der Waals surface area (Å²) in [5.74, 6) is 5.01. The Labute approximate surface area is 167 Å². The fourth-order valence-electron chi connectivity index (χ4n) is 6.80. The zero-order valence-electron chi connectivity index (χ0n) is 18.2. The third-order valence-corrected chi connectivity index (χ3v) is 8.48. The molecule has 0 bridgehead atoms. The van der Waals surface area contributed by atoms with Crippen LogP contribution in [0.4, 0.5) is 0 Å². The summed E-state index contributed by atoms with van der Waals surface area (Å²) in [6, 6.07) is 0. The molecule has 0 saturated heterocycles. The van der Waals surface area contributed by atoms with E-state index in [9.17, 15) is 9.90 Å². The number of Topliss-reactive ketones (excluding diaryl/α,β-unsaturated/α-hetero) is 1. The van der Waals surface area contributed by atoms with E-state index < -0.39 is 5.60 Å². The Morgan fingerprint density at radius 2 is 1.11 bits per heavy atom. The molecule has 1 N–H and O–H groups in total. The van der Waals surface area contributed by atoms with Crippen LogP contribution in [0, 0.1) is 35.5 Å². The fourth-order valence-corrected chi connectivity index (χ4v) is 6.80. The highest BCUT2D eigenvalue weighted by Gasteiger charge is 2.38. The normalized spacial score (nSPS) is 38.5. The lowest BCUT2D eigenvalue weighted by Gasteiger charge is -2.41. The third-order valence-electron chi connectivity index (χ3n) is 8.48. The predicted octanol–water partition coefficient (Wildman–Crippen LogP) is 6.55. The van der Waals surface area contributed by atoms with Crippen molar-refractivity contribution >= 4 is 5.78 Å². The second-order valence-electron chi connectivity index (χ2n) is 10.8. The molecule has 0 amide bonds. The number of aliphatic hydroxyl groups is 1. The molecule has 3 aliphatic rings. The van der Waals surface area contributed by atoms with Crippen molar-refractivity contribution in [3.05, 3.63) is 0 Å². The van der Waals surface area contributed by atoms with Gasteiger partial charge in [-0.15, -0.1) is 0 Å². The summed E-state index contributed by atoms with van der Waals surface area (Å²) in [5, 5.41) is 10.0. The molecule has 0 aromatic heterocycles. The van der Waals surface area contributed by atoms with Crippen molar-refractivity contribution < 1.29 is 9.90 Å². The van der Waals surface area contributed by atoms with Crippen LogP contribution in [0.3, 0.4) is 0 Å². The van der Waals surface area contributed by atoms with Crippen LogP contribution >= 0.6 is 0 Å². The number of ketones is 1. The maximum Gasteiger partial charge on any atom is 0.166 e. The smallest absolute Gasteiger partial charge is 0.166 e. The van der Waals surface area contributed by atoms with Gasteiger partial charge in [-0.3, -0.25) is 4.79 Å². The highest BCUT2D eigenvalue weighted by atomic mass is 16.3. The monoisotopic (exact) mass is 376 g/mol. The molecular weight excluding hydrogens is 332 g/mol. The van der Waals surface area contributed by atoms with Crippen molar-refractivity contribution in [2.24, 2.45) is 35.5 Å². The molecule has 0 atom stereocenters. The van der Waals surface area contributed by atoms with Crippen LogP contribution in [-0.2, 0) is 4.79 Å². The molecular formula is C25H44O2. The summed E-state index contributed by atoms with van der Waals surface area (Å²) in [7, 11) is 0. The Morgan fingerprint density at radius 3 is 1.48 bits per heavy atom. The van der Waals surface area contributed by atoms with Gasteiger partial charge in [-0.05, 0) is 108 Å². The molecule has 0 unspecified atom stereocenters. The van der Waals surface area contributed by atoms with E-state index in [4.69, 9.17) is 0 Å². The van der Waals surface area contributed by atoms with Crippen LogP contribution in [-0.4, -0.2) is 16.5 Å². The molecule has 0 aromatic rings. The van der Waals surface area contributed by atoms with Gasteiger partial charge in [-0.2, -0.15) is 0 Å². The second-order valence-corrected chi connectivity index (χ2v) is 10.8. The van der Waals surface area contributed by atoms with Crippen LogP contribution in [0.15, 0.2) is 0 Å². The molecule has 0 aliphatic heterocycles. The Bertz CT molecular complexity index is 453. The Morgan fingerprint density at radius 1 is 0.741 bits per heavy atom. The third kappa shape index (κ3) is 5.58. The standard InChI is InChI=1S/C25H44O2/c1-4-5-18-6-8-19(9-7-18)20-10-12-21(13-11-20)22-14-16-23(17-15-22)24(26)25(2,3)27/h18-23,27H,4-17H2,1-3H3. The number of carbonyl (C=O) groups is 1. The first-order valence-corrected chi connectivity index (χ1v) is 12.1. The van der Waals surface area contributed by atoms with Gasteiger partial charge in [0.15, 0.2) is 5.78 Å². The molecule has 3 fully saturated rings. The van der Waals surface area contributed by atoms with Crippen LogP contribution < -0.4 is 0 Å². The lowest BCUT2D eigenvalue weighted by Crippen LogP contribution is -2.39. The molecule has 3 saturated carbocycles. The lowest BCUT2D eigenvalue weighted by molar-refractivity contribution is -0.139. The van der Waals surface area contributed by atoms with Gasteiger partial charge in [0.2, 0.25) is 0 Å². The summed E-state index contributed by atoms with van der Waals surface area (Å²) in [6.45, 7) is 5.64. The zero-order valence-corrected chi connectivity index (χ0v) is 18.2. The quantitative estimate of drug-likeness (QED) is 0.571. The first kappa shape index (κ1) is 21.3. The number of rotatable bonds is 6. The minimum absolute atomic E-state index is 0.0725. The summed E-state index contributed by atoms with van der Waals surface area (Å²) in [4.78, 5) is 12.3. The highest BCUT2D eigenvalue weighted by Crippen LogP contribution is 2.46. The molecule has 0 radical (unpaired) electrons. The van der Waals surface area contributed by atoms with E-state index in [0.717, 1.165) is 42.4 Å². The molecule has 156 valence electrons. The number of hydrogen-bond acceptors (Lipinski definition) is 2. The summed E-state index contributed by atoms with van der Waals surface area (Å²) < 4.78 is 0. The molecule has 0 heterocycles. The van der Waals surface area contributed by atoms with Crippen LogP contribution in [0.5, 0.6) is 0 Å². The van der Waals surface area contributed by atoms with Gasteiger partial charge in [0.05, 0.1) is 0 Å². The van der Waals surface area contributed by atoms with Crippen molar-refractivity contribution in [1.82, 2.24) is 0 Å². The molecule has 2 nitrogen and oxygen atoms in total. The molecule has 0 aromatic carbocycles. The van der Waals surface area contributed by atoms with Gasteiger partial charge in [0.25, 0.3) is 0 Å². The summed E-state index contributed by atoms with van der Waals surface area (Å²) >= 11 is 0. The van der Waals surface area contributed by atoms with Gasteiger partial charge in [0, 0.05) is 5.92 Å². The van der Waals surface area contributed by atoms with E-state index in [-0.39, 0.29) is 11.7 Å². The first-order chi connectivity index (χ1) is 12.9. The van der Waals surface area contributed by atoms with Gasteiger partial charge in [-0.1, -0.05) is 32.6 Å². The van der Waals surface area contributed by atoms with Crippen molar-refractivity contribution in [2.75, 3.05) is 0 Å². The van der Waals surface area contributed by atoms with Gasteiger partial charge in [0.1, 0.15) is 5.60 Å². The Hall–Kier alpha value is -0.370. The van der Waals surface area contributed by atoms with Crippen molar-refractivity contribution in [3.63, 3.8) is 0 Å². The number of carbonyl (C=O) groups excluding carboxylic acids is 1. The van der Waals surface area contributed by atoms with Crippen LogP contribution in [0.2, 0.25) is 0 Å². The largest absolute Gasteiger partial charge is 0.383 e. The van der Waals surface area contributed by atoms with Crippen molar-refractivity contribution in [2.45, 2.75) is 116 Å². The van der Waals surface area contributed by atoms with Gasteiger partial charge < -0.3 is 5.11 Å². The first-order valence-electron chi connectivity index (χ1n) is 12.1. The summed E-state index contributed by atoms with van der Waals surface area (Å²) in [5.41, 5.74) is -1.15. The molecule has 3 aliphatic carbocycles. The van der Waals surface area contributed by atoms with E-state index in [1.54, 1.807) is 13.8 Å². The molecule has 3 rings (SSSR count). The van der Waals surface area contributed by atoms with Crippen LogP contribution in [0.25, 0.3) is 0 Å². The maximum absolute atomic E-state index is 12.3. The van der Waals surface area contributed by atoms with E-state index in [1.807, 2.05) is 0 Å². The van der Waals surface area contributed by atoms with E-state index in [1.165, 1.54) is 77.0 Å². The van der Waals surface area contributed by atoms with E-state index in [2.05, 4.69) is 6.92 Å². The number of hydrogen-bond donors (Lipinski definition) is 1. The van der Waals surface area contributed by atoms with E-state index >= 15 is 0 Å². The van der Waals surface area contributed by atoms with Gasteiger partial charge >= 0.3 is 0 Å². The minimum atomic E-state index is -1.15. The topological polar surface area (TPSA) is 37.3 Å². The Kier molecular flexibility index (Phi) is 7.44. The summed E-state index contributed by atoms with van der Waals surface area (Å²) in [6.07, 6.45) is 19.1. The van der Waals surface area contributed by atoms with Crippen LogP contribution in [0.1, 0.15) is 111 Å². The van der Waals surface area contributed by atoms with Crippen molar-refractivity contribution in [3.8, 4) is 0 Å². The highest BCUT2D eigenvalue weighted by molar-refractivity contribution is 5.88. The fraction of sp³-hybridized carbons (Fsp3) is 0.960. The second kappa shape index (κ2) is 9.42. The SMILES string of the molecule is CCCC1CCC(C2CCC(C3CCC(C(=O)C(C)(C)O)CC3)CC2)CC1. The predicted molar refractivity (Wildman–Crippen MR) is 113 cm³/mol. The molecule has 27 heavy (non-hydrogen) atoms. The van der Waals surface area contributed by atoms with E-state index in [0.29, 0.717) is 0 Å². The minimum Gasteiger partial charge on any atom is -0.383 e. The molecule has 2 heteroatoms. The Balaban J connectivity index is 1.38. The van der Waals surface area contributed by atoms with Gasteiger partial charge in [-0.25, -0.2) is 0 Å². The average molecular weight is 377 g/mol.